The van der Waals surface area contributed by atoms with Crippen LogP contribution in [0.5, 0.6) is 0 Å². The van der Waals surface area contributed by atoms with Crippen LogP contribution in [0.25, 0.3) is 26.9 Å². The van der Waals surface area contributed by atoms with Crippen molar-refractivity contribution in [2.75, 3.05) is 5.32 Å². The van der Waals surface area contributed by atoms with Gasteiger partial charge in [-0.3, -0.25) is 14.9 Å². The Kier molecular flexibility index (Phi) is 5.78. The Labute approximate surface area is 198 Å². The Morgan fingerprint density at radius 1 is 1.18 bits per heavy atom. The van der Waals surface area contributed by atoms with Crippen molar-refractivity contribution in [3.63, 3.8) is 0 Å². The Morgan fingerprint density at radius 3 is 2.73 bits per heavy atom. The lowest BCUT2D eigenvalue weighted by Crippen LogP contribution is -2.09. The van der Waals surface area contributed by atoms with Gasteiger partial charge in [0.2, 0.25) is 5.91 Å². The van der Waals surface area contributed by atoms with Gasteiger partial charge >= 0.3 is 0 Å². The normalized spacial score (nSPS) is 15.6. The summed E-state index contributed by atoms with van der Waals surface area (Å²) in [6, 6.07) is 14.2. The number of hydrogen-bond donors (Lipinski definition) is 1. The fourth-order valence-corrected chi connectivity index (χ4v) is 6.60. The van der Waals surface area contributed by atoms with E-state index in [1.54, 1.807) is 40.9 Å². The number of anilines is 1. The highest BCUT2D eigenvalue weighted by molar-refractivity contribution is 7.23. The maximum Gasteiger partial charge on any atom is 0.269 e. The third kappa shape index (κ3) is 4.44. The molecule has 0 bridgehead atoms. The number of aromatic nitrogens is 1. The number of hydrogen-bond acceptors (Lipinski definition) is 6. The fraction of sp³-hybridized carbons (Fsp3) is 0.200. The van der Waals surface area contributed by atoms with E-state index in [9.17, 15) is 14.9 Å². The number of nitrogens with one attached hydrogen (secondary N) is 1. The molecule has 0 radical (unpaired) electrons. The lowest BCUT2D eigenvalue weighted by atomic mass is 9.88. The molecule has 1 atom stereocenters. The molecule has 1 aliphatic carbocycles. The summed E-state index contributed by atoms with van der Waals surface area (Å²) in [4.78, 5) is 29.3. The van der Waals surface area contributed by atoms with Crippen LogP contribution < -0.4 is 5.32 Å². The highest BCUT2D eigenvalue weighted by Crippen LogP contribution is 2.47. The largest absolute Gasteiger partial charge is 0.313 e. The quantitative estimate of drug-likeness (QED) is 0.197. The first-order valence-corrected chi connectivity index (χ1v) is 12.3. The molecule has 8 heteroatoms. The molecule has 0 saturated heterocycles. The Bertz CT molecular complexity index is 1350. The summed E-state index contributed by atoms with van der Waals surface area (Å²) in [7, 11) is 0. The zero-order valence-corrected chi connectivity index (χ0v) is 19.5. The molecule has 1 unspecified atom stereocenters. The van der Waals surface area contributed by atoms with E-state index in [1.165, 1.54) is 28.6 Å². The van der Waals surface area contributed by atoms with Crippen molar-refractivity contribution in [2.24, 2.45) is 5.92 Å². The molecule has 0 saturated carbocycles. The lowest BCUT2D eigenvalue weighted by molar-refractivity contribution is -0.384. The van der Waals surface area contributed by atoms with Crippen LogP contribution >= 0.6 is 22.7 Å². The predicted molar refractivity (Wildman–Crippen MR) is 135 cm³/mol. The maximum absolute atomic E-state index is 12.8. The summed E-state index contributed by atoms with van der Waals surface area (Å²) in [6.07, 6.45) is 6.27. The number of nitro groups is 1. The van der Waals surface area contributed by atoms with Gasteiger partial charge in [0.05, 0.1) is 15.1 Å². The summed E-state index contributed by atoms with van der Waals surface area (Å²) in [5.74, 6) is 0.396. The van der Waals surface area contributed by atoms with Gasteiger partial charge in [0.25, 0.3) is 5.69 Å². The Balaban J connectivity index is 1.45. The topological polar surface area (TPSA) is 85.1 Å². The summed E-state index contributed by atoms with van der Waals surface area (Å²) < 4.78 is 1.13. The van der Waals surface area contributed by atoms with Gasteiger partial charge in [0, 0.05) is 28.6 Å². The number of benzene rings is 2. The van der Waals surface area contributed by atoms with Gasteiger partial charge in [-0.1, -0.05) is 19.1 Å². The van der Waals surface area contributed by atoms with Crippen LogP contribution in [0, 0.1) is 16.0 Å². The van der Waals surface area contributed by atoms with Gasteiger partial charge in [-0.15, -0.1) is 22.7 Å². The van der Waals surface area contributed by atoms with E-state index in [0.29, 0.717) is 5.92 Å². The first kappa shape index (κ1) is 21.5. The minimum Gasteiger partial charge on any atom is -0.313 e. The van der Waals surface area contributed by atoms with Crippen LogP contribution in [-0.2, 0) is 17.6 Å². The standard InChI is InChI=1S/C25H21N3O3S2/c1-15-6-12-18-21(14-15)33-25(23(18)24-26-19-4-2-3-5-20(19)32-24)27-22(29)13-9-16-7-10-17(11-8-16)28(30)31/h2-5,7-11,13,15H,6,12,14H2,1H3,(H,27,29)/b13-9+. The molecule has 2 heterocycles. The third-order valence-electron chi connectivity index (χ3n) is 5.79. The highest BCUT2D eigenvalue weighted by Gasteiger charge is 2.27. The monoisotopic (exact) mass is 475 g/mol. The SMILES string of the molecule is CC1CCc2c(sc(NC(=O)/C=C/c3ccc([N+](=O)[O-])cc3)c2-c2nc3ccccc3s2)C1. The summed E-state index contributed by atoms with van der Waals surface area (Å²) in [6.45, 7) is 2.27. The number of thiazole rings is 1. The smallest absolute Gasteiger partial charge is 0.269 e. The number of para-hydroxylation sites is 1. The van der Waals surface area contributed by atoms with Crippen molar-refractivity contribution < 1.29 is 9.72 Å². The average Bonchev–Trinajstić information content (AvgIpc) is 3.38. The van der Waals surface area contributed by atoms with Crippen LogP contribution in [0.15, 0.2) is 54.6 Å². The molecule has 4 aromatic rings. The van der Waals surface area contributed by atoms with Crippen LogP contribution in [-0.4, -0.2) is 15.8 Å². The van der Waals surface area contributed by atoms with Crippen molar-refractivity contribution in [3.05, 3.63) is 80.7 Å². The molecular weight excluding hydrogens is 454 g/mol. The molecule has 166 valence electrons. The second kappa shape index (κ2) is 8.88. The molecule has 6 nitrogen and oxygen atoms in total. The molecule has 2 aromatic heterocycles. The number of non-ortho nitro benzene ring substituents is 1. The number of rotatable bonds is 5. The molecule has 0 spiro atoms. The van der Waals surface area contributed by atoms with E-state index in [4.69, 9.17) is 4.98 Å². The third-order valence-corrected chi connectivity index (χ3v) is 8.01. The van der Waals surface area contributed by atoms with E-state index >= 15 is 0 Å². The summed E-state index contributed by atoms with van der Waals surface area (Å²) >= 11 is 3.31. The molecular formula is C25H21N3O3S2. The van der Waals surface area contributed by atoms with Gasteiger partial charge in [-0.25, -0.2) is 4.98 Å². The minimum absolute atomic E-state index is 0.0236. The number of amides is 1. The Morgan fingerprint density at radius 2 is 1.97 bits per heavy atom. The molecule has 1 aliphatic rings. The maximum atomic E-state index is 12.8. The van der Waals surface area contributed by atoms with E-state index in [1.807, 2.05) is 18.2 Å². The van der Waals surface area contributed by atoms with E-state index < -0.39 is 4.92 Å². The first-order chi connectivity index (χ1) is 16.0. The molecule has 2 aromatic carbocycles. The fourth-order valence-electron chi connectivity index (χ4n) is 4.08. The van der Waals surface area contributed by atoms with E-state index in [-0.39, 0.29) is 11.6 Å². The van der Waals surface area contributed by atoms with E-state index in [2.05, 4.69) is 18.3 Å². The van der Waals surface area contributed by atoms with Gasteiger partial charge in [0.1, 0.15) is 10.0 Å². The summed E-state index contributed by atoms with van der Waals surface area (Å²) in [5.41, 5.74) is 4.08. The highest BCUT2D eigenvalue weighted by atomic mass is 32.1. The molecule has 0 aliphatic heterocycles. The van der Waals surface area contributed by atoms with Gasteiger partial charge in [-0.2, -0.15) is 0 Å². The van der Waals surface area contributed by atoms with Crippen LogP contribution in [0.3, 0.4) is 0 Å². The van der Waals surface area contributed by atoms with Crippen molar-refractivity contribution in [1.29, 1.82) is 0 Å². The van der Waals surface area contributed by atoms with Crippen molar-refractivity contribution >= 4 is 55.6 Å². The van der Waals surface area contributed by atoms with Crippen LogP contribution in [0.4, 0.5) is 10.7 Å². The Hall–Kier alpha value is -3.36. The lowest BCUT2D eigenvalue weighted by Gasteiger charge is -2.18. The number of carbonyl (C=O) groups excluding carboxylic acids is 1. The minimum atomic E-state index is -0.441. The number of fused-ring (bicyclic) bond motifs is 2. The van der Waals surface area contributed by atoms with Gasteiger partial charge in [-0.05, 0) is 66.6 Å². The number of carbonyl (C=O) groups is 1. The zero-order valence-electron chi connectivity index (χ0n) is 17.9. The van der Waals surface area contributed by atoms with Crippen molar-refractivity contribution in [1.82, 2.24) is 4.98 Å². The van der Waals surface area contributed by atoms with Gasteiger partial charge < -0.3 is 5.32 Å². The van der Waals surface area contributed by atoms with Crippen molar-refractivity contribution in [3.8, 4) is 10.6 Å². The predicted octanol–water partition coefficient (Wildman–Crippen LogP) is 6.71. The summed E-state index contributed by atoms with van der Waals surface area (Å²) in [5, 5.41) is 15.7. The molecule has 1 amide bonds. The zero-order chi connectivity index (χ0) is 22.9. The van der Waals surface area contributed by atoms with E-state index in [0.717, 1.165) is 50.6 Å². The number of thiophene rings is 1. The number of nitro benzene ring substituents is 1. The second-order valence-electron chi connectivity index (χ2n) is 8.21. The molecule has 1 N–H and O–H groups in total. The molecule has 5 rings (SSSR count). The van der Waals surface area contributed by atoms with Crippen molar-refractivity contribution in [2.45, 2.75) is 26.2 Å². The molecule has 33 heavy (non-hydrogen) atoms. The second-order valence-corrected chi connectivity index (χ2v) is 10.3. The number of nitrogens with zero attached hydrogens (tertiary/aromatic N) is 2. The van der Waals surface area contributed by atoms with Crippen LogP contribution in [0.2, 0.25) is 0 Å². The first-order valence-electron chi connectivity index (χ1n) is 10.7. The van der Waals surface area contributed by atoms with Crippen LogP contribution in [0.1, 0.15) is 29.3 Å². The average molecular weight is 476 g/mol. The van der Waals surface area contributed by atoms with Gasteiger partial charge in [0.15, 0.2) is 0 Å². The molecule has 0 fully saturated rings.